The highest BCUT2D eigenvalue weighted by Gasteiger charge is 2.33. The number of alkyl halides is 6. The summed E-state index contributed by atoms with van der Waals surface area (Å²) in [4.78, 5) is 45.5. The molecule has 2 aliphatic rings. The topological polar surface area (TPSA) is 87.5 Å². The smallest absolute Gasteiger partial charge is 0.341 e. The highest BCUT2D eigenvalue weighted by molar-refractivity contribution is 5.77. The van der Waals surface area contributed by atoms with Gasteiger partial charge in [-0.05, 0) is 31.4 Å². The highest BCUT2D eigenvalue weighted by atomic mass is 19.4. The van der Waals surface area contributed by atoms with Gasteiger partial charge in [-0.2, -0.15) is 26.3 Å². The van der Waals surface area contributed by atoms with E-state index in [1.807, 2.05) is 0 Å². The Morgan fingerprint density at radius 1 is 1.00 bits per heavy atom. The van der Waals surface area contributed by atoms with Gasteiger partial charge in [-0.25, -0.2) is 9.78 Å². The van der Waals surface area contributed by atoms with E-state index in [0.717, 1.165) is 34.9 Å². The first-order valence-electron chi connectivity index (χ1n) is 12.5. The van der Waals surface area contributed by atoms with Crippen molar-refractivity contribution in [1.29, 1.82) is 0 Å². The minimum absolute atomic E-state index is 0.00383. The van der Waals surface area contributed by atoms with E-state index in [-0.39, 0.29) is 42.0 Å². The SMILES string of the molecule is O=C(Cn1c(CCCC(F)(F)F)nc(-c2ccc(C(F)(F)F)cc2)cc1=O)N1CCC(N2CCNC2=O)CC1. The van der Waals surface area contributed by atoms with E-state index in [1.54, 1.807) is 9.80 Å². The van der Waals surface area contributed by atoms with Crippen LogP contribution in [-0.4, -0.2) is 69.7 Å². The van der Waals surface area contributed by atoms with Crippen molar-refractivity contribution < 1.29 is 35.9 Å². The molecule has 212 valence electrons. The van der Waals surface area contributed by atoms with Gasteiger partial charge in [0.05, 0.1) is 11.3 Å². The fourth-order valence-corrected chi connectivity index (χ4v) is 4.84. The predicted octanol–water partition coefficient (Wildman–Crippen LogP) is 3.83. The first-order valence-corrected chi connectivity index (χ1v) is 12.5. The average Bonchev–Trinajstić information content (AvgIpc) is 3.30. The summed E-state index contributed by atoms with van der Waals surface area (Å²) in [5.74, 6) is -0.471. The number of nitrogens with one attached hydrogen (secondary N) is 1. The lowest BCUT2D eigenvalue weighted by atomic mass is 10.0. The summed E-state index contributed by atoms with van der Waals surface area (Å²) in [6, 6.07) is 4.81. The van der Waals surface area contributed by atoms with Crippen molar-refractivity contribution in [3.63, 3.8) is 0 Å². The first kappa shape index (κ1) is 28.4. The number of hydrogen-bond donors (Lipinski definition) is 1. The molecule has 2 aliphatic heterocycles. The van der Waals surface area contributed by atoms with Crippen LogP contribution in [0.15, 0.2) is 35.1 Å². The molecule has 1 aromatic heterocycles. The van der Waals surface area contributed by atoms with Crippen LogP contribution in [0.25, 0.3) is 11.3 Å². The molecule has 0 bridgehead atoms. The van der Waals surface area contributed by atoms with Gasteiger partial charge in [0.15, 0.2) is 0 Å². The molecular weight excluding hydrogens is 532 g/mol. The number of piperidine rings is 1. The van der Waals surface area contributed by atoms with Crippen LogP contribution in [0, 0.1) is 0 Å². The third-order valence-electron chi connectivity index (χ3n) is 6.90. The summed E-state index contributed by atoms with van der Waals surface area (Å²) in [6.45, 7) is 1.42. The number of carbonyl (C=O) groups excluding carboxylic acids is 2. The van der Waals surface area contributed by atoms with Crippen LogP contribution in [0.2, 0.25) is 0 Å². The number of halogens is 6. The predicted molar refractivity (Wildman–Crippen MR) is 128 cm³/mol. The van der Waals surface area contributed by atoms with E-state index in [9.17, 15) is 40.7 Å². The summed E-state index contributed by atoms with van der Waals surface area (Å²) >= 11 is 0. The van der Waals surface area contributed by atoms with Gasteiger partial charge in [0.25, 0.3) is 5.56 Å². The summed E-state index contributed by atoms with van der Waals surface area (Å²) in [5.41, 5.74) is -1.41. The monoisotopic (exact) mass is 559 g/mol. The molecule has 39 heavy (non-hydrogen) atoms. The Morgan fingerprint density at radius 3 is 2.23 bits per heavy atom. The molecule has 2 saturated heterocycles. The molecule has 0 unspecified atom stereocenters. The Hall–Kier alpha value is -3.58. The van der Waals surface area contributed by atoms with Crippen molar-refractivity contribution in [2.24, 2.45) is 0 Å². The van der Waals surface area contributed by atoms with E-state index in [2.05, 4.69) is 10.3 Å². The number of benzene rings is 1. The second-order valence-electron chi connectivity index (χ2n) is 9.56. The Bertz CT molecular complexity index is 1250. The maximum Gasteiger partial charge on any atom is 0.416 e. The molecule has 0 spiro atoms. The molecule has 2 fully saturated rings. The number of hydrogen-bond acceptors (Lipinski definition) is 4. The number of aryl methyl sites for hydroxylation is 1. The largest absolute Gasteiger partial charge is 0.416 e. The number of aromatic nitrogens is 2. The number of amides is 3. The second-order valence-corrected chi connectivity index (χ2v) is 9.56. The van der Waals surface area contributed by atoms with Crippen LogP contribution in [0.1, 0.15) is 37.1 Å². The molecule has 0 aliphatic carbocycles. The molecule has 2 aromatic rings. The standard InChI is InChI=1S/C25H27F6N5O3/c26-24(27,28)9-1-2-20-33-19(16-3-5-17(6-4-16)25(29,30)31)14-21(37)36(20)15-22(38)34-11-7-18(8-12-34)35-13-10-32-23(35)39/h3-6,14,18H,1-2,7-13,15H2,(H,32,39). The summed E-state index contributed by atoms with van der Waals surface area (Å²) in [6.07, 6.45) is -9.66. The van der Waals surface area contributed by atoms with Gasteiger partial charge in [0.1, 0.15) is 12.4 Å². The molecule has 8 nitrogen and oxygen atoms in total. The number of rotatable bonds is 7. The van der Waals surface area contributed by atoms with Crippen LogP contribution in [-0.2, 0) is 23.9 Å². The van der Waals surface area contributed by atoms with Crippen molar-refractivity contribution >= 4 is 11.9 Å². The van der Waals surface area contributed by atoms with Crippen molar-refractivity contribution in [1.82, 2.24) is 24.7 Å². The van der Waals surface area contributed by atoms with Gasteiger partial charge in [-0.1, -0.05) is 12.1 Å². The number of nitrogens with zero attached hydrogens (tertiary/aromatic N) is 4. The second kappa shape index (κ2) is 11.3. The molecule has 0 atom stereocenters. The molecular formula is C25H27F6N5O3. The fourth-order valence-electron chi connectivity index (χ4n) is 4.84. The zero-order valence-electron chi connectivity index (χ0n) is 20.8. The Labute approximate surface area is 219 Å². The van der Waals surface area contributed by atoms with Crippen molar-refractivity contribution in [2.75, 3.05) is 26.2 Å². The van der Waals surface area contributed by atoms with E-state index in [0.29, 0.717) is 39.0 Å². The van der Waals surface area contributed by atoms with Crippen LogP contribution in [0.5, 0.6) is 0 Å². The molecule has 0 radical (unpaired) electrons. The average molecular weight is 560 g/mol. The van der Waals surface area contributed by atoms with E-state index >= 15 is 0 Å². The van der Waals surface area contributed by atoms with E-state index in [4.69, 9.17) is 0 Å². The number of carbonyl (C=O) groups is 2. The van der Waals surface area contributed by atoms with Crippen LogP contribution >= 0.6 is 0 Å². The van der Waals surface area contributed by atoms with Gasteiger partial charge >= 0.3 is 18.4 Å². The molecule has 3 amide bonds. The summed E-state index contributed by atoms with van der Waals surface area (Å²) < 4.78 is 78.1. The van der Waals surface area contributed by atoms with Gasteiger partial charge in [-0.3, -0.25) is 14.2 Å². The maximum absolute atomic E-state index is 13.0. The minimum atomic E-state index is -4.56. The third kappa shape index (κ3) is 7.09. The molecule has 4 rings (SSSR count). The highest BCUT2D eigenvalue weighted by Crippen LogP contribution is 2.30. The van der Waals surface area contributed by atoms with E-state index in [1.165, 1.54) is 0 Å². The van der Waals surface area contributed by atoms with Gasteiger partial charge in [-0.15, -0.1) is 0 Å². The third-order valence-corrected chi connectivity index (χ3v) is 6.90. The van der Waals surface area contributed by atoms with Gasteiger partial charge < -0.3 is 15.1 Å². The Morgan fingerprint density at radius 2 is 1.67 bits per heavy atom. The van der Waals surface area contributed by atoms with Crippen LogP contribution in [0.4, 0.5) is 31.1 Å². The lowest BCUT2D eigenvalue weighted by Crippen LogP contribution is -2.48. The van der Waals surface area contributed by atoms with Gasteiger partial charge in [0.2, 0.25) is 5.91 Å². The first-order chi connectivity index (χ1) is 18.3. The minimum Gasteiger partial charge on any atom is -0.341 e. The lowest BCUT2D eigenvalue weighted by Gasteiger charge is -2.36. The van der Waals surface area contributed by atoms with Crippen molar-refractivity contribution in [3.8, 4) is 11.3 Å². The number of likely N-dealkylation sites (tertiary alicyclic amines) is 1. The number of urea groups is 1. The molecule has 1 N–H and O–H groups in total. The Balaban J connectivity index is 1.52. The van der Waals surface area contributed by atoms with Crippen LogP contribution < -0.4 is 10.9 Å². The van der Waals surface area contributed by atoms with E-state index < -0.39 is 42.3 Å². The Kier molecular flexibility index (Phi) is 8.21. The lowest BCUT2D eigenvalue weighted by molar-refractivity contribution is -0.137. The summed E-state index contributed by atoms with van der Waals surface area (Å²) in [5, 5.41) is 2.74. The zero-order valence-corrected chi connectivity index (χ0v) is 20.8. The van der Waals surface area contributed by atoms with Crippen molar-refractivity contribution in [2.45, 2.75) is 57.0 Å². The maximum atomic E-state index is 13.0. The fraction of sp³-hybridized carbons (Fsp3) is 0.520. The van der Waals surface area contributed by atoms with Crippen LogP contribution in [0.3, 0.4) is 0 Å². The van der Waals surface area contributed by atoms with Crippen molar-refractivity contribution in [3.05, 3.63) is 52.1 Å². The van der Waals surface area contributed by atoms with Gasteiger partial charge in [0, 0.05) is 56.7 Å². The summed E-state index contributed by atoms with van der Waals surface area (Å²) in [7, 11) is 0. The molecule has 0 saturated carbocycles. The zero-order chi connectivity index (χ0) is 28.4. The normalized spacial score (nSPS) is 17.0. The molecule has 3 heterocycles. The molecule has 1 aromatic carbocycles. The molecule has 14 heteroatoms. The quantitative estimate of drug-likeness (QED) is 0.523.